The van der Waals surface area contributed by atoms with E-state index in [9.17, 15) is 13.2 Å². The second kappa shape index (κ2) is 6.21. The molecule has 0 spiro atoms. The van der Waals surface area contributed by atoms with Gasteiger partial charge < -0.3 is 4.74 Å². The van der Waals surface area contributed by atoms with Gasteiger partial charge in [-0.05, 0) is 31.4 Å². The van der Waals surface area contributed by atoms with Crippen LogP contribution in [0.3, 0.4) is 0 Å². The summed E-state index contributed by atoms with van der Waals surface area (Å²) >= 11 is 6.74. The number of hydrogen-bond acceptors (Lipinski definition) is 5. The SMILES string of the molecule is O=C(NS(=O)(=O)CC1CCCCO1)c1ccc(Cl)s1. The Bertz CT molecular complexity index is 549. The van der Waals surface area contributed by atoms with Crippen molar-refractivity contribution >= 4 is 38.9 Å². The van der Waals surface area contributed by atoms with Gasteiger partial charge in [-0.15, -0.1) is 11.3 Å². The molecular weight excluding hydrogens is 310 g/mol. The third-order valence-corrected chi connectivity index (χ3v) is 5.26. The minimum Gasteiger partial charge on any atom is -0.377 e. The Kier molecular flexibility index (Phi) is 4.83. The summed E-state index contributed by atoms with van der Waals surface area (Å²) in [5, 5.41) is 0. The summed E-state index contributed by atoms with van der Waals surface area (Å²) in [6, 6.07) is 3.05. The topological polar surface area (TPSA) is 72.5 Å². The van der Waals surface area contributed by atoms with E-state index in [1.165, 1.54) is 6.07 Å². The number of nitrogens with one attached hydrogen (secondary N) is 1. The van der Waals surface area contributed by atoms with E-state index >= 15 is 0 Å². The van der Waals surface area contributed by atoms with Crippen molar-refractivity contribution in [3.63, 3.8) is 0 Å². The predicted octanol–water partition coefficient (Wildman–Crippen LogP) is 2.03. The van der Waals surface area contributed by atoms with E-state index in [0.29, 0.717) is 17.4 Å². The first-order valence-electron chi connectivity index (χ1n) is 5.88. The number of carbonyl (C=O) groups excluding carboxylic acids is 1. The molecule has 8 heteroatoms. The fourth-order valence-electron chi connectivity index (χ4n) is 1.85. The van der Waals surface area contributed by atoms with Crippen molar-refractivity contribution in [2.45, 2.75) is 25.4 Å². The molecule has 1 unspecified atom stereocenters. The molecule has 1 aromatic rings. The molecule has 0 aliphatic carbocycles. The van der Waals surface area contributed by atoms with Gasteiger partial charge in [-0.25, -0.2) is 13.1 Å². The highest BCUT2D eigenvalue weighted by Crippen LogP contribution is 2.21. The molecule has 2 heterocycles. The normalized spacial score (nSPS) is 20.2. The lowest BCUT2D eigenvalue weighted by Gasteiger charge is -2.22. The zero-order chi connectivity index (χ0) is 13.9. The van der Waals surface area contributed by atoms with Crippen molar-refractivity contribution in [2.24, 2.45) is 0 Å². The summed E-state index contributed by atoms with van der Waals surface area (Å²) in [5.74, 6) is -0.828. The van der Waals surface area contributed by atoms with E-state index in [-0.39, 0.29) is 16.7 Å². The van der Waals surface area contributed by atoms with E-state index in [4.69, 9.17) is 16.3 Å². The van der Waals surface area contributed by atoms with Gasteiger partial charge in [-0.2, -0.15) is 0 Å². The average Bonchev–Trinajstić information content (AvgIpc) is 2.76. The molecule has 5 nitrogen and oxygen atoms in total. The maximum Gasteiger partial charge on any atom is 0.274 e. The van der Waals surface area contributed by atoms with Gasteiger partial charge >= 0.3 is 0 Å². The van der Waals surface area contributed by atoms with Crippen LogP contribution in [0.25, 0.3) is 0 Å². The first-order valence-corrected chi connectivity index (χ1v) is 8.73. The molecule has 19 heavy (non-hydrogen) atoms. The molecule has 0 saturated carbocycles. The van der Waals surface area contributed by atoms with Gasteiger partial charge in [0.1, 0.15) is 0 Å². The van der Waals surface area contributed by atoms with Gasteiger partial charge in [0, 0.05) is 6.61 Å². The maximum atomic E-state index is 11.8. The minimum atomic E-state index is -3.68. The van der Waals surface area contributed by atoms with E-state index in [0.717, 1.165) is 24.2 Å². The third-order valence-electron chi connectivity index (χ3n) is 2.72. The Morgan fingerprint density at radius 2 is 2.26 bits per heavy atom. The van der Waals surface area contributed by atoms with Gasteiger partial charge in [-0.3, -0.25) is 4.79 Å². The van der Waals surface area contributed by atoms with Gasteiger partial charge in [-0.1, -0.05) is 11.6 Å². The number of thiophene rings is 1. The molecule has 1 atom stereocenters. The highest BCUT2D eigenvalue weighted by atomic mass is 35.5. The molecule has 1 N–H and O–H groups in total. The standard InChI is InChI=1S/C11H14ClNO4S2/c12-10-5-4-9(18-10)11(14)13-19(15,16)7-8-3-1-2-6-17-8/h4-5,8H,1-3,6-7H2,(H,13,14). The number of carbonyl (C=O) groups is 1. The average molecular weight is 324 g/mol. The molecule has 0 aromatic carbocycles. The van der Waals surface area contributed by atoms with Crippen LogP contribution in [-0.2, 0) is 14.8 Å². The summed E-state index contributed by atoms with van der Waals surface area (Å²) in [6.07, 6.45) is 2.29. The molecule has 106 valence electrons. The summed E-state index contributed by atoms with van der Waals surface area (Å²) < 4.78 is 31.5. The molecule has 2 rings (SSSR count). The highest BCUT2D eigenvalue weighted by Gasteiger charge is 2.24. The maximum absolute atomic E-state index is 11.8. The van der Waals surface area contributed by atoms with Crippen LogP contribution >= 0.6 is 22.9 Å². The zero-order valence-corrected chi connectivity index (χ0v) is 12.5. The van der Waals surface area contributed by atoms with Crippen molar-refractivity contribution in [2.75, 3.05) is 12.4 Å². The van der Waals surface area contributed by atoms with E-state index in [2.05, 4.69) is 0 Å². The molecule has 0 bridgehead atoms. The van der Waals surface area contributed by atoms with Crippen LogP contribution < -0.4 is 4.72 Å². The third kappa shape index (κ3) is 4.45. The lowest BCUT2D eigenvalue weighted by atomic mass is 10.1. The van der Waals surface area contributed by atoms with Crippen molar-refractivity contribution in [3.05, 3.63) is 21.3 Å². The Morgan fingerprint density at radius 3 is 2.84 bits per heavy atom. The zero-order valence-electron chi connectivity index (χ0n) is 10.1. The Hall–Kier alpha value is -0.630. The van der Waals surface area contributed by atoms with E-state index in [1.807, 2.05) is 4.72 Å². The van der Waals surface area contributed by atoms with Crippen molar-refractivity contribution in [1.82, 2.24) is 4.72 Å². The van der Waals surface area contributed by atoms with Crippen LogP contribution in [0.4, 0.5) is 0 Å². The first-order chi connectivity index (χ1) is 8.96. The van der Waals surface area contributed by atoms with Crippen LogP contribution in [0.15, 0.2) is 12.1 Å². The molecule has 0 radical (unpaired) electrons. The second-order valence-corrected chi connectivity index (χ2v) is 7.79. The minimum absolute atomic E-state index is 0.183. The molecule has 1 saturated heterocycles. The van der Waals surface area contributed by atoms with E-state index < -0.39 is 15.9 Å². The predicted molar refractivity (Wildman–Crippen MR) is 74.2 cm³/mol. The fraction of sp³-hybridized carbons (Fsp3) is 0.545. The first kappa shape index (κ1) is 14.8. The van der Waals surface area contributed by atoms with Crippen LogP contribution in [0.2, 0.25) is 4.34 Å². The van der Waals surface area contributed by atoms with Gasteiger partial charge in [0.15, 0.2) is 0 Å². The number of sulfonamides is 1. The monoisotopic (exact) mass is 323 g/mol. The summed E-state index contributed by atoms with van der Waals surface area (Å²) in [7, 11) is -3.68. The van der Waals surface area contributed by atoms with Gasteiger partial charge in [0.25, 0.3) is 5.91 Å². The van der Waals surface area contributed by atoms with E-state index in [1.54, 1.807) is 6.07 Å². The molecular formula is C11H14ClNO4S2. The van der Waals surface area contributed by atoms with Crippen LogP contribution in [0.1, 0.15) is 28.9 Å². The van der Waals surface area contributed by atoms with Gasteiger partial charge in [0.05, 0.1) is 21.1 Å². The number of rotatable bonds is 4. The summed E-state index contributed by atoms with van der Waals surface area (Å²) in [4.78, 5) is 12.0. The van der Waals surface area contributed by atoms with Crippen molar-refractivity contribution in [3.8, 4) is 0 Å². The van der Waals surface area contributed by atoms with Crippen LogP contribution in [-0.4, -0.2) is 32.8 Å². The highest BCUT2D eigenvalue weighted by molar-refractivity contribution is 7.90. The molecule has 1 aromatic heterocycles. The Morgan fingerprint density at radius 1 is 1.47 bits per heavy atom. The largest absolute Gasteiger partial charge is 0.377 e. The lowest BCUT2D eigenvalue weighted by molar-refractivity contribution is 0.0304. The van der Waals surface area contributed by atoms with Crippen molar-refractivity contribution in [1.29, 1.82) is 0 Å². The quantitative estimate of drug-likeness (QED) is 0.920. The fourth-order valence-corrected chi connectivity index (χ4v) is 4.08. The van der Waals surface area contributed by atoms with Gasteiger partial charge in [0.2, 0.25) is 10.0 Å². The number of halogens is 1. The number of hydrogen-bond donors (Lipinski definition) is 1. The second-order valence-electron chi connectivity index (χ2n) is 4.30. The Labute approximate surface area is 121 Å². The smallest absolute Gasteiger partial charge is 0.274 e. The molecule has 1 aliphatic rings. The lowest BCUT2D eigenvalue weighted by Crippen LogP contribution is -2.38. The van der Waals surface area contributed by atoms with Crippen molar-refractivity contribution < 1.29 is 17.9 Å². The molecule has 1 amide bonds. The number of amides is 1. The molecule has 1 fully saturated rings. The van der Waals surface area contributed by atoms with Crippen LogP contribution in [0.5, 0.6) is 0 Å². The Balaban J connectivity index is 1.94. The van der Waals surface area contributed by atoms with Crippen LogP contribution in [0, 0.1) is 0 Å². The number of ether oxygens (including phenoxy) is 1. The summed E-state index contributed by atoms with van der Waals surface area (Å²) in [6.45, 7) is 0.578. The summed E-state index contributed by atoms with van der Waals surface area (Å²) in [5.41, 5.74) is 0. The molecule has 1 aliphatic heterocycles.